The number of anilines is 1. The van der Waals surface area contributed by atoms with E-state index < -0.39 is 0 Å². The minimum absolute atomic E-state index is 0.568. The molecule has 90 valence electrons. The molecule has 17 heavy (non-hydrogen) atoms. The Balaban J connectivity index is 2.16. The van der Waals surface area contributed by atoms with Gasteiger partial charge in [0.25, 0.3) is 0 Å². The van der Waals surface area contributed by atoms with Crippen molar-refractivity contribution in [2.24, 2.45) is 0 Å². The largest absolute Gasteiger partial charge is 0.481 e. The van der Waals surface area contributed by atoms with E-state index in [2.05, 4.69) is 26.9 Å². The number of aromatic nitrogens is 4. The molecule has 0 amide bonds. The highest BCUT2D eigenvalue weighted by Crippen LogP contribution is 2.13. The number of nitrogens with one attached hydrogen (secondary N) is 1. The van der Waals surface area contributed by atoms with E-state index in [1.165, 1.54) is 0 Å². The molecule has 1 N–H and O–H groups in total. The van der Waals surface area contributed by atoms with Gasteiger partial charge < -0.3 is 14.6 Å². The van der Waals surface area contributed by atoms with Gasteiger partial charge >= 0.3 is 0 Å². The molecule has 0 aliphatic rings. The Kier molecular flexibility index (Phi) is 3.54. The topological polar surface area (TPSA) is 66.9 Å². The van der Waals surface area contributed by atoms with Gasteiger partial charge in [0.1, 0.15) is 0 Å². The van der Waals surface area contributed by atoms with Gasteiger partial charge in [0, 0.05) is 25.0 Å². The van der Waals surface area contributed by atoms with E-state index in [0.717, 1.165) is 12.2 Å². The second kappa shape index (κ2) is 5.29. The summed E-state index contributed by atoms with van der Waals surface area (Å²) in [6, 6.07) is 1.73. The average Bonchev–Trinajstić information content (AvgIpc) is 2.89. The molecular weight excluding hydrogens is 218 g/mol. The predicted octanol–water partition coefficient (Wildman–Crippen LogP) is 1.23. The first-order valence-electron chi connectivity index (χ1n) is 5.42. The third kappa shape index (κ3) is 2.72. The zero-order valence-corrected chi connectivity index (χ0v) is 9.92. The Labute approximate surface area is 99.7 Å². The van der Waals surface area contributed by atoms with Gasteiger partial charge in [-0.1, -0.05) is 0 Å². The van der Waals surface area contributed by atoms with Crippen molar-refractivity contribution in [3.8, 4) is 5.88 Å². The number of imidazole rings is 1. The first-order chi connectivity index (χ1) is 8.33. The first-order valence-corrected chi connectivity index (χ1v) is 5.42. The second-order valence-electron chi connectivity index (χ2n) is 3.49. The summed E-state index contributed by atoms with van der Waals surface area (Å²) in [6.45, 7) is 3.56. The van der Waals surface area contributed by atoms with Gasteiger partial charge in [-0.3, -0.25) is 0 Å². The quantitative estimate of drug-likeness (QED) is 0.841. The van der Waals surface area contributed by atoms with Crippen LogP contribution in [0.3, 0.4) is 0 Å². The van der Waals surface area contributed by atoms with Crippen molar-refractivity contribution in [1.82, 2.24) is 19.9 Å². The van der Waals surface area contributed by atoms with Crippen LogP contribution in [0.15, 0.2) is 24.8 Å². The molecule has 0 atom stereocenters. The molecule has 6 heteroatoms. The summed E-state index contributed by atoms with van der Waals surface area (Å²) in [5.74, 6) is 1.22. The third-order valence-corrected chi connectivity index (χ3v) is 2.41. The molecule has 0 unspecified atom stereocenters. The van der Waals surface area contributed by atoms with Crippen molar-refractivity contribution in [2.75, 3.05) is 18.6 Å². The number of aromatic amines is 1. The number of hydrogen-bond donors (Lipinski definition) is 1. The van der Waals surface area contributed by atoms with Crippen molar-refractivity contribution >= 4 is 5.95 Å². The van der Waals surface area contributed by atoms with Gasteiger partial charge in [-0.05, 0) is 6.92 Å². The lowest BCUT2D eigenvalue weighted by Gasteiger charge is -2.19. The van der Waals surface area contributed by atoms with Gasteiger partial charge in [-0.15, -0.1) is 0 Å². The Bertz CT molecular complexity index is 457. The van der Waals surface area contributed by atoms with Gasteiger partial charge in [0.15, 0.2) is 0 Å². The molecule has 0 aliphatic heterocycles. The van der Waals surface area contributed by atoms with Crippen molar-refractivity contribution in [3.05, 3.63) is 30.5 Å². The van der Waals surface area contributed by atoms with Crippen LogP contribution in [0.4, 0.5) is 5.95 Å². The summed E-state index contributed by atoms with van der Waals surface area (Å²) in [7, 11) is 1.59. The molecule has 0 bridgehead atoms. The van der Waals surface area contributed by atoms with Crippen LogP contribution in [0, 0.1) is 0 Å². The summed E-state index contributed by atoms with van der Waals surface area (Å²) in [6.07, 6.45) is 5.15. The van der Waals surface area contributed by atoms with Crippen molar-refractivity contribution in [1.29, 1.82) is 0 Å². The lowest BCUT2D eigenvalue weighted by atomic mass is 10.4. The summed E-state index contributed by atoms with van der Waals surface area (Å²) >= 11 is 0. The third-order valence-electron chi connectivity index (χ3n) is 2.41. The molecule has 2 aromatic heterocycles. The Hall–Kier alpha value is -2.11. The highest BCUT2D eigenvalue weighted by molar-refractivity contribution is 5.32. The Morgan fingerprint density at radius 2 is 2.35 bits per heavy atom. The van der Waals surface area contributed by atoms with Gasteiger partial charge in [-0.25, -0.2) is 9.97 Å². The highest BCUT2D eigenvalue weighted by Gasteiger charge is 2.09. The monoisotopic (exact) mass is 233 g/mol. The maximum atomic E-state index is 5.09. The molecule has 0 aromatic carbocycles. The predicted molar refractivity (Wildman–Crippen MR) is 63.9 cm³/mol. The fraction of sp³-hybridized carbons (Fsp3) is 0.364. The van der Waals surface area contributed by atoms with E-state index in [4.69, 9.17) is 4.74 Å². The van der Waals surface area contributed by atoms with Crippen LogP contribution in [-0.2, 0) is 6.54 Å². The van der Waals surface area contributed by atoms with Gasteiger partial charge in [0.05, 0.1) is 25.7 Å². The van der Waals surface area contributed by atoms with Crippen LogP contribution in [0.1, 0.15) is 12.6 Å². The minimum Gasteiger partial charge on any atom is -0.481 e. The van der Waals surface area contributed by atoms with Crippen LogP contribution in [0.2, 0.25) is 0 Å². The molecule has 0 spiro atoms. The van der Waals surface area contributed by atoms with Gasteiger partial charge in [0.2, 0.25) is 11.8 Å². The maximum absolute atomic E-state index is 5.09. The second-order valence-corrected chi connectivity index (χ2v) is 3.49. The smallest absolute Gasteiger partial charge is 0.228 e. The Morgan fingerprint density at radius 1 is 1.47 bits per heavy atom. The number of ether oxygens (including phenoxy) is 1. The molecule has 2 aromatic rings. The van der Waals surface area contributed by atoms with E-state index in [0.29, 0.717) is 18.4 Å². The number of H-pyrrole nitrogens is 1. The van der Waals surface area contributed by atoms with Crippen molar-refractivity contribution in [2.45, 2.75) is 13.5 Å². The van der Waals surface area contributed by atoms with Gasteiger partial charge in [-0.2, -0.15) is 4.98 Å². The van der Waals surface area contributed by atoms with E-state index >= 15 is 0 Å². The van der Waals surface area contributed by atoms with E-state index in [9.17, 15) is 0 Å². The molecule has 0 aliphatic carbocycles. The lowest BCUT2D eigenvalue weighted by molar-refractivity contribution is 0.396. The first kappa shape index (κ1) is 11.4. The van der Waals surface area contributed by atoms with Crippen molar-refractivity contribution in [3.63, 3.8) is 0 Å². The number of rotatable bonds is 5. The number of nitrogens with zero attached hydrogens (tertiary/aromatic N) is 4. The molecule has 0 saturated heterocycles. The standard InChI is InChI=1S/C11H15N5O/c1-3-16(7-9-6-12-8-14-9)11-13-5-4-10(15-11)17-2/h4-6,8H,3,7H2,1-2H3,(H,12,14). The van der Waals surface area contributed by atoms with E-state index in [1.54, 1.807) is 31.9 Å². The van der Waals surface area contributed by atoms with Crippen LogP contribution >= 0.6 is 0 Å². The fourth-order valence-electron chi connectivity index (χ4n) is 1.50. The zero-order chi connectivity index (χ0) is 12.1. The normalized spacial score (nSPS) is 10.2. The lowest BCUT2D eigenvalue weighted by Crippen LogP contribution is -2.24. The van der Waals surface area contributed by atoms with Crippen LogP contribution in [0.5, 0.6) is 5.88 Å². The minimum atomic E-state index is 0.568. The molecule has 0 radical (unpaired) electrons. The Morgan fingerprint density at radius 3 is 3.00 bits per heavy atom. The SMILES string of the molecule is CCN(Cc1cnc[nH]1)c1nccc(OC)n1. The van der Waals surface area contributed by atoms with E-state index in [1.807, 2.05) is 4.90 Å². The summed E-state index contributed by atoms with van der Waals surface area (Å²) < 4.78 is 5.09. The van der Waals surface area contributed by atoms with E-state index in [-0.39, 0.29) is 0 Å². The molecule has 0 saturated carbocycles. The van der Waals surface area contributed by atoms with Crippen LogP contribution in [0.25, 0.3) is 0 Å². The molecule has 2 heterocycles. The number of hydrogen-bond acceptors (Lipinski definition) is 5. The number of methoxy groups -OCH3 is 1. The van der Waals surface area contributed by atoms with Crippen molar-refractivity contribution < 1.29 is 4.74 Å². The average molecular weight is 233 g/mol. The summed E-state index contributed by atoms with van der Waals surface area (Å²) in [5, 5.41) is 0. The summed E-state index contributed by atoms with van der Waals surface area (Å²) in [4.78, 5) is 17.6. The molecule has 6 nitrogen and oxygen atoms in total. The van der Waals surface area contributed by atoms with Crippen LogP contribution in [-0.4, -0.2) is 33.6 Å². The zero-order valence-electron chi connectivity index (χ0n) is 9.92. The summed E-state index contributed by atoms with van der Waals surface area (Å²) in [5.41, 5.74) is 1.03. The molecular formula is C11H15N5O. The fourth-order valence-corrected chi connectivity index (χ4v) is 1.50. The van der Waals surface area contributed by atoms with Crippen LogP contribution < -0.4 is 9.64 Å². The molecule has 2 rings (SSSR count). The molecule has 0 fully saturated rings. The maximum Gasteiger partial charge on any atom is 0.228 e. The highest BCUT2D eigenvalue weighted by atomic mass is 16.5.